The second-order valence-corrected chi connectivity index (χ2v) is 5.96. The molecule has 0 N–H and O–H groups in total. The number of non-ortho nitro benzene ring substituents is 1. The van der Waals surface area contributed by atoms with Crippen LogP contribution < -0.4 is 0 Å². The van der Waals surface area contributed by atoms with E-state index < -0.39 is 10.9 Å². The lowest BCUT2D eigenvalue weighted by atomic mass is 10.0. The molecule has 0 atom stereocenters. The fourth-order valence-corrected chi connectivity index (χ4v) is 2.60. The predicted octanol–water partition coefficient (Wildman–Crippen LogP) is 4.24. The van der Waals surface area contributed by atoms with Gasteiger partial charge in [0.05, 0.1) is 17.6 Å². The van der Waals surface area contributed by atoms with Crippen LogP contribution in [0.2, 0.25) is 0 Å². The van der Waals surface area contributed by atoms with Gasteiger partial charge in [-0.05, 0) is 42.7 Å². The average Bonchev–Trinajstić information content (AvgIpc) is 2.95. The van der Waals surface area contributed by atoms with E-state index in [1.807, 2.05) is 26.0 Å². The summed E-state index contributed by atoms with van der Waals surface area (Å²) in [6, 6.07) is 9.98. The van der Waals surface area contributed by atoms with E-state index in [4.69, 9.17) is 9.15 Å². The smallest absolute Gasteiger partial charge is 0.310 e. The third-order valence-electron chi connectivity index (χ3n) is 4.13. The molecule has 25 heavy (non-hydrogen) atoms. The number of nitro groups is 1. The Morgan fingerprint density at radius 3 is 2.72 bits per heavy atom. The summed E-state index contributed by atoms with van der Waals surface area (Å²) in [5.74, 6) is -0.410. The van der Waals surface area contributed by atoms with Gasteiger partial charge in [-0.25, -0.2) is 0 Å². The van der Waals surface area contributed by atoms with Gasteiger partial charge in [-0.15, -0.1) is 0 Å². The van der Waals surface area contributed by atoms with E-state index in [2.05, 4.69) is 0 Å². The molecule has 3 aromatic rings. The molecule has 6 nitrogen and oxygen atoms in total. The quantitative estimate of drug-likeness (QED) is 0.394. The first-order chi connectivity index (χ1) is 11.9. The molecule has 0 aliphatic carbocycles. The average molecular weight is 339 g/mol. The van der Waals surface area contributed by atoms with E-state index in [1.165, 1.54) is 12.1 Å². The number of benzene rings is 2. The number of carbonyl (C=O) groups excluding carboxylic acids is 1. The number of furan rings is 1. The molecule has 0 amide bonds. The molecule has 0 bridgehead atoms. The number of esters is 1. The van der Waals surface area contributed by atoms with Crippen molar-refractivity contribution in [3.8, 4) is 0 Å². The molecule has 0 aliphatic rings. The number of hydrogen-bond acceptors (Lipinski definition) is 5. The molecule has 2 aromatic carbocycles. The Balaban J connectivity index is 1.68. The van der Waals surface area contributed by atoms with Crippen molar-refractivity contribution in [2.75, 3.05) is 0 Å². The van der Waals surface area contributed by atoms with E-state index in [1.54, 1.807) is 18.4 Å². The number of hydrogen-bond donors (Lipinski definition) is 0. The van der Waals surface area contributed by atoms with Gasteiger partial charge in [0.2, 0.25) is 0 Å². The number of carbonyl (C=O) groups is 1. The standard InChI is InChI=1S/C19H17NO5/c1-12-6-17-15(11-24-18(17)7-13(12)2)9-19(21)25-10-14-4-3-5-16(8-14)20(22)23/h3-8,11H,9-10H2,1-2H3. The van der Waals surface area contributed by atoms with Gasteiger partial charge in [0, 0.05) is 23.1 Å². The van der Waals surface area contributed by atoms with Gasteiger partial charge < -0.3 is 9.15 Å². The molecule has 128 valence electrons. The summed E-state index contributed by atoms with van der Waals surface area (Å²) in [7, 11) is 0. The zero-order chi connectivity index (χ0) is 18.0. The van der Waals surface area contributed by atoms with Gasteiger partial charge in [0.15, 0.2) is 0 Å². The summed E-state index contributed by atoms with van der Waals surface area (Å²) in [5.41, 5.74) is 4.31. The summed E-state index contributed by atoms with van der Waals surface area (Å²) in [4.78, 5) is 22.4. The maximum atomic E-state index is 12.1. The lowest BCUT2D eigenvalue weighted by Gasteiger charge is -2.05. The highest BCUT2D eigenvalue weighted by Crippen LogP contribution is 2.25. The topological polar surface area (TPSA) is 82.6 Å². The molecule has 3 rings (SSSR count). The van der Waals surface area contributed by atoms with E-state index in [0.717, 1.165) is 27.7 Å². The minimum Gasteiger partial charge on any atom is -0.464 e. The van der Waals surface area contributed by atoms with Crippen LogP contribution >= 0.6 is 0 Å². The lowest BCUT2D eigenvalue weighted by molar-refractivity contribution is -0.384. The predicted molar refractivity (Wildman–Crippen MR) is 92.3 cm³/mol. The summed E-state index contributed by atoms with van der Waals surface area (Å²) in [6.45, 7) is 4.00. The molecule has 0 spiro atoms. The normalized spacial score (nSPS) is 10.8. The van der Waals surface area contributed by atoms with Crippen LogP contribution in [0.4, 0.5) is 5.69 Å². The van der Waals surface area contributed by atoms with Crippen LogP contribution in [0.1, 0.15) is 22.3 Å². The number of nitrogens with zero attached hydrogens (tertiary/aromatic N) is 1. The molecular formula is C19H17NO5. The maximum absolute atomic E-state index is 12.1. The van der Waals surface area contributed by atoms with Crippen molar-refractivity contribution >= 4 is 22.6 Å². The second kappa shape index (κ2) is 6.76. The van der Waals surface area contributed by atoms with Crippen molar-refractivity contribution in [3.05, 3.63) is 75.0 Å². The van der Waals surface area contributed by atoms with E-state index >= 15 is 0 Å². The van der Waals surface area contributed by atoms with E-state index in [9.17, 15) is 14.9 Å². The minimum atomic E-state index is -0.479. The molecule has 0 radical (unpaired) electrons. The van der Waals surface area contributed by atoms with Crippen LogP contribution in [0, 0.1) is 24.0 Å². The fraction of sp³-hybridized carbons (Fsp3) is 0.211. The van der Waals surface area contributed by atoms with Crippen molar-refractivity contribution in [3.63, 3.8) is 0 Å². The maximum Gasteiger partial charge on any atom is 0.310 e. The SMILES string of the molecule is Cc1cc2occ(CC(=O)OCc3cccc([N+](=O)[O-])c3)c2cc1C. The fourth-order valence-electron chi connectivity index (χ4n) is 2.60. The molecule has 1 heterocycles. The first kappa shape index (κ1) is 16.7. The zero-order valence-corrected chi connectivity index (χ0v) is 13.9. The molecule has 1 aromatic heterocycles. The Hall–Kier alpha value is -3.15. The largest absolute Gasteiger partial charge is 0.464 e. The van der Waals surface area contributed by atoms with Gasteiger partial charge >= 0.3 is 5.97 Å². The molecule has 0 aliphatic heterocycles. The van der Waals surface area contributed by atoms with Gasteiger partial charge in [-0.1, -0.05) is 12.1 Å². The highest BCUT2D eigenvalue weighted by molar-refractivity contribution is 5.86. The Kier molecular flexibility index (Phi) is 4.52. The first-order valence-corrected chi connectivity index (χ1v) is 7.80. The number of ether oxygens (including phenoxy) is 1. The van der Waals surface area contributed by atoms with Crippen molar-refractivity contribution < 1.29 is 18.9 Å². The highest BCUT2D eigenvalue weighted by atomic mass is 16.6. The van der Waals surface area contributed by atoms with Crippen molar-refractivity contribution in [2.45, 2.75) is 26.9 Å². The third-order valence-corrected chi connectivity index (χ3v) is 4.13. The second-order valence-electron chi connectivity index (χ2n) is 5.96. The summed E-state index contributed by atoms with van der Waals surface area (Å²) < 4.78 is 10.7. The summed E-state index contributed by atoms with van der Waals surface area (Å²) >= 11 is 0. The van der Waals surface area contributed by atoms with Gasteiger partial charge in [0.25, 0.3) is 5.69 Å². The monoisotopic (exact) mass is 339 g/mol. The first-order valence-electron chi connectivity index (χ1n) is 7.80. The zero-order valence-electron chi connectivity index (χ0n) is 13.9. The van der Waals surface area contributed by atoms with Crippen LogP contribution in [0.15, 0.2) is 47.1 Å². The van der Waals surface area contributed by atoms with Crippen LogP contribution in [0.5, 0.6) is 0 Å². The van der Waals surface area contributed by atoms with Crippen LogP contribution in [0.3, 0.4) is 0 Å². The molecular weight excluding hydrogens is 322 g/mol. The number of fused-ring (bicyclic) bond motifs is 1. The Bertz CT molecular complexity index is 958. The van der Waals surface area contributed by atoms with Gasteiger partial charge in [0.1, 0.15) is 12.2 Å². The number of aryl methyl sites for hydroxylation is 2. The van der Waals surface area contributed by atoms with Crippen LogP contribution in [-0.4, -0.2) is 10.9 Å². The Morgan fingerprint density at radius 1 is 1.20 bits per heavy atom. The number of rotatable bonds is 5. The van der Waals surface area contributed by atoms with E-state index in [-0.39, 0.29) is 18.7 Å². The molecule has 0 saturated heterocycles. The van der Waals surface area contributed by atoms with Crippen molar-refractivity contribution in [1.82, 2.24) is 0 Å². The highest BCUT2D eigenvalue weighted by Gasteiger charge is 2.13. The third kappa shape index (κ3) is 3.68. The Morgan fingerprint density at radius 2 is 1.96 bits per heavy atom. The molecule has 6 heteroatoms. The lowest BCUT2D eigenvalue weighted by Crippen LogP contribution is -2.08. The Labute approximate surface area is 144 Å². The van der Waals surface area contributed by atoms with Crippen molar-refractivity contribution in [2.24, 2.45) is 0 Å². The minimum absolute atomic E-state index is 0.00552. The van der Waals surface area contributed by atoms with E-state index in [0.29, 0.717) is 5.56 Å². The van der Waals surface area contributed by atoms with Crippen LogP contribution in [0.25, 0.3) is 11.0 Å². The van der Waals surface area contributed by atoms with Crippen molar-refractivity contribution in [1.29, 1.82) is 0 Å². The summed E-state index contributed by atoms with van der Waals surface area (Å²) in [5, 5.41) is 11.7. The molecule has 0 fully saturated rings. The molecule has 0 saturated carbocycles. The van der Waals surface area contributed by atoms with Crippen LogP contribution in [-0.2, 0) is 22.6 Å². The van der Waals surface area contributed by atoms with Gasteiger partial charge in [-0.2, -0.15) is 0 Å². The molecule has 0 unspecified atom stereocenters. The summed E-state index contributed by atoms with van der Waals surface area (Å²) in [6.07, 6.45) is 1.66. The van der Waals surface area contributed by atoms with Gasteiger partial charge in [-0.3, -0.25) is 14.9 Å². The number of nitro benzene ring substituents is 1.